The Labute approximate surface area is 72.7 Å². The molecule has 0 aliphatic carbocycles. The third kappa shape index (κ3) is 3.39. The summed E-state index contributed by atoms with van der Waals surface area (Å²) < 4.78 is 4.04. The molecule has 64 valence electrons. The molecule has 0 unspecified atom stereocenters. The monoisotopic (exact) mass is 177 g/mol. The summed E-state index contributed by atoms with van der Waals surface area (Å²) in [6, 6.07) is 0. The van der Waals surface area contributed by atoms with Gasteiger partial charge in [-0.3, -0.25) is 0 Å². The first-order valence-corrected chi connectivity index (χ1v) is 3.45. The molecule has 0 amide bonds. The van der Waals surface area contributed by atoms with Gasteiger partial charge in [0, 0.05) is 13.0 Å². The first-order valence-electron chi connectivity index (χ1n) is 3.45. The van der Waals surface area contributed by atoms with Gasteiger partial charge in [-0.2, -0.15) is 0 Å². The molecule has 0 saturated carbocycles. The minimum atomic E-state index is 0. The van der Waals surface area contributed by atoms with Gasteiger partial charge in [-0.05, 0) is 0 Å². The molecule has 0 spiro atoms. The lowest BCUT2D eigenvalue weighted by atomic mass is 10.4. The quantitative estimate of drug-likeness (QED) is 0.653. The summed E-state index contributed by atoms with van der Waals surface area (Å²) in [5.41, 5.74) is 0. The fourth-order valence-electron chi connectivity index (χ4n) is 0.887. The van der Waals surface area contributed by atoms with Crippen molar-refractivity contribution in [2.45, 2.75) is 13.0 Å². The van der Waals surface area contributed by atoms with Gasteiger partial charge < -0.3 is 5.11 Å². The van der Waals surface area contributed by atoms with Crippen LogP contribution in [0.5, 0.6) is 0 Å². The van der Waals surface area contributed by atoms with E-state index in [1.165, 1.54) is 0 Å². The number of aryl methyl sites for hydroxylation is 2. The molecule has 0 aliphatic heterocycles. The zero-order chi connectivity index (χ0) is 7.40. The van der Waals surface area contributed by atoms with E-state index in [0.717, 1.165) is 13.0 Å². The molecule has 0 aliphatic rings. The molecule has 4 heteroatoms. The lowest BCUT2D eigenvalue weighted by Gasteiger charge is -1.90. The molecule has 1 aromatic rings. The van der Waals surface area contributed by atoms with E-state index >= 15 is 0 Å². The Kier molecular flexibility index (Phi) is 4.90. The van der Waals surface area contributed by atoms with E-state index in [9.17, 15) is 0 Å². The molecule has 3 nitrogen and oxygen atoms in total. The highest BCUT2D eigenvalue weighted by atomic mass is 35.5. The minimum absolute atomic E-state index is 0. The average Bonchev–Trinajstić information content (AvgIpc) is 2.31. The maximum atomic E-state index is 8.51. The summed E-state index contributed by atoms with van der Waals surface area (Å²) in [4.78, 5) is 0. The van der Waals surface area contributed by atoms with Crippen molar-refractivity contribution < 1.29 is 9.67 Å². The molecule has 1 N–H and O–H groups in total. The van der Waals surface area contributed by atoms with E-state index in [1.54, 1.807) is 0 Å². The van der Waals surface area contributed by atoms with Crippen molar-refractivity contribution in [3.8, 4) is 0 Å². The highest BCUT2D eigenvalue weighted by molar-refractivity contribution is 5.85. The largest absolute Gasteiger partial charge is 0.396 e. The van der Waals surface area contributed by atoms with Gasteiger partial charge in [-0.15, -0.1) is 12.4 Å². The Morgan fingerprint density at radius 1 is 1.55 bits per heavy atom. The summed E-state index contributed by atoms with van der Waals surface area (Å²) in [5, 5.41) is 8.51. The van der Waals surface area contributed by atoms with Crippen LogP contribution in [0, 0.1) is 0 Å². The third-order valence-corrected chi connectivity index (χ3v) is 1.40. The fraction of sp³-hybridized carbons (Fsp3) is 0.571. The molecule has 1 heterocycles. The third-order valence-electron chi connectivity index (χ3n) is 1.40. The maximum Gasteiger partial charge on any atom is 0.243 e. The Morgan fingerprint density at radius 2 is 2.27 bits per heavy atom. The number of hydrogen-bond donors (Lipinski definition) is 1. The van der Waals surface area contributed by atoms with E-state index in [0.29, 0.717) is 0 Å². The lowest BCUT2D eigenvalue weighted by molar-refractivity contribution is -0.671. The first kappa shape index (κ1) is 10.5. The van der Waals surface area contributed by atoms with Crippen molar-refractivity contribution in [3.05, 3.63) is 18.7 Å². The average molecular weight is 178 g/mol. The lowest BCUT2D eigenvalue weighted by Crippen LogP contribution is -2.23. The number of hydrogen-bond acceptors (Lipinski definition) is 1. The molecular weight excluding hydrogens is 164 g/mol. The highest BCUT2D eigenvalue weighted by Crippen LogP contribution is 1.86. The Balaban J connectivity index is 0.000001000. The first-order chi connectivity index (χ1) is 4.83. The predicted molar refractivity (Wildman–Crippen MR) is 44.6 cm³/mol. The van der Waals surface area contributed by atoms with Gasteiger partial charge in [0.15, 0.2) is 0 Å². The van der Waals surface area contributed by atoms with Crippen molar-refractivity contribution >= 4 is 12.4 Å². The van der Waals surface area contributed by atoms with Crippen molar-refractivity contribution in [2.75, 3.05) is 6.61 Å². The van der Waals surface area contributed by atoms with Crippen LogP contribution >= 0.6 is 12.4 Å². The second kappa shape index (κ2) is 5.16. The zero-order valence-corrected chi connectivity index (χ0v) is 7.42. The summed E-state index contributed by atoms with van der Waals surface area (Å²) in [6.07, 6.45) is 6.80. The van der Waals surface area contributed by atoms with Crippen molar-refractivity contribution in [2.24, 2.45) is 7.05 Å². The van der Waals surface area contributed by atoms with Crippen LogP contribution < -0.4 is 4.57 Å². The highest BCUT2D eigenvalue weighted by Gasteiger charge is 1.96. The van der Waals surface area contributed by atoms with Gasteiger partial charge in [0.05, 0.1) is 13.6 Å². The number of halogens is 1. The number of nitrogens with zero attached hydrogens (tertiary/aromatic N) is 2. The van der Waals surface area contributed by atoms with Crippen LogP contribution in [0.25, 0.3) is 0 Å². The Morgan fingerprint density at radius 3 is 2.73 bits per heavy atom. The number of rotatable bonds is 3. The number of aliphatic hydroxyl groups excluding tert-OH is 1. The number of aromatic nitrogens is 2. The Bertz CT molecular complexity index is 200. The smallest absolute Gasteiger partial charge is 0.243 e. The van der Waals surface area contributed by atoms with E-state index in [2.05, 4.69) is 4.57 Å². The molecule has 11 heavy (non-hydrogen) atoms. The summed E-state index contributed by atoms with van der Waals surface area (Å²) in [7, 11) is 1.98. The molecule has 0 bridgehead atoms. The maximum absolute atomic E-state index is 8.51. The molecular formula is C7H14ClN2O+. The van der Waals surface area contributed by atoms with Gasteiger partial charge in [-0.1, -0.05) is 0 Å². The van der Waals surface area contributed by atoms with E-state index in [4.69, 9.17) is 5.11 Å². The molecule has 0 atom stereocenters. The van der Waals surface area contributed by atoms with Crippen LogP contribution in [0.1, 0.15) is 6.42 Å². The molecule has 0 fully saturated rings. The van der Waals surface area contributed by atoms with Crippen LogP contribution in [0.2, 0.25) is 0 Å². The summed E-state index contributed by atoms with van der Waals surface area (Å²) >= 11 is 0. The van der Waals surface area contributed by atoms with Crippen LogP contribution in [0.15, 0.2) is 18.7 Å². The zero-order valence-electron chi connectivity index (χ0n) is 6.60. The molecule has 0 aromatic carbocycles. The van der Waals surface area contributed by atoms with Gasteiger partial charge in [0.1, 0.15) is 12.4 Å². The topological polar surface area (TPSA) is 29.0 Å². The fourth-order valence-corrected chi connectivity index (χ4v) is 0.887. The van der Waals surface area contributed by atoms with Crippen LogP contribution in [0.4, 0.5) is 0 Å². The SMILES string of the molecule is C[n+]1ccn(CCCO)c1.Cl. The van der Waals surface area contributed by atoms with Crippen LogP contribution in [0.3, 0.4) is 0 Å². The number of aliphatic hydroxyl groups is 1. The molecule has 1 rings (SSSR count). The normalized spacial score (nSPS) is 9.27. The predicted octanol–water partition coefficient (Wildman–Crippen LogP) is 0.117. The standard InChI is InChI=1S/C7H13N2O.ClH/c1-8-4-5-9(7-8)3-2-6-10;/h4-5,7,10H,2-3,6H2,1H3;1H/q+1;. The van der Waals surface area contributed by atoms with Gasteiger partial charge in [-0.25, -0.2) is 9.13 Å². The molecule has 0 saturated heterocycles. The second-order valence-electron chi connectivity index (χ2n) is 2.39. The van der Waals surface area contributed by atoms with Crippen LogP contribution in [-0.4, -0.2) is 16.3 Å². The number of imidazole rings is 1. The van der Waals surface area contributed by atoms with E-state index in [-0.39, 0.29) is 19.0 Å². The molecule has 1 aromatic heterocycles. The van der Waals surface area contributed by atoms with E-state index < -0.39 is 0 Å². The van der Waals surface area contributed by atoms with Crippen molar-refractivity contribution in [1.82, 2.24) is 4.57 Å². The van der Waals surface area contributed by atoms with Gasteiger partial charge >= 0.3 is 0 Å². The van der Waals surface area contributed by atoms with Crippen molar-refractivity contribution in [3.63, 3.8) is 0 Å². The second-order valence-corrected chi connectivity index (χ2v) is 2.39. The van der Waals surface area contributed by atoms with Crippen molar-refractivity contribution in [1.29, 1.82) is 0 Å². The Hall–Kier alpha value is -0.540. The van der Waals surface area contributed by atoms with Crippen LogP contribution in [-0.2, 0) is 13.6 Å². The summed E-state index contributed by atoms with van der Waals surface area (Å²) in [5.74, 6) is 0. The molecule has 0 radical (unpaired) electrons. The van der Waals surface area contributed by atoms with Gasteiger partial charge in [0.2, 0.25) is 6.33 Å². The van der Waals surface area contributed by atoms with Gasteiger partial charge in [0.25, 0.3) is 0 Å². The summed E-state index contributed by atoms with van der Waals surface area (Å²) in [6.45, 7) is 1.17. The van der Waals surface area contributed by atoms with E-state index in [1.807, 2.05) is 30.3 Å². The minimum Gasteiger partial charge on any atom is -0.396 e.